The summed E-state index contributed by atoms with van der Waals surface area (Å²) in [6.45, 7) is 8.07. The van der Waals surface area contributed by atoms with E-state index in [0.717, 1.165) is 27.1 Å². The second-order valence-electron chi connectivity index (χ2n) is 7.46. The molecule has 4 rings (SSSR count). The SMILES string of the molecule is Cc1ccc(-c2c(C)sc3nc(SCC(=O)c4ccc(C)c(C)c4)[nH]c(=O)c23)cc1. The number of thiophene rings is 1. The molecule has 2 heterocycles. The Balaban J connectivity index is 1.62. The van der Waals surface area contributed by atoms with Crippen molar-refractivity contribution >= 4 is 39.1 Å². The number of aryl methyl sites for hydroxylation is 4. The van der Waals surface area contributed by atoms with Gasteiger partial charge in [0.2, 0.25) is 0 Å². The van der Waals surface area contributed by atoms with Crippen molar-refractivity contribution in [3.8, 4) is 11.1 Å². The van der Waals surface area contributed by atoms with Crippen molar-refractivity contribution in [3.05, 3.63) is 79.9 Å². The lowest BCUT2D eigenvalue weighted by molar-refractivity contribution is 0.102. The quantitative estimate of drug-likeness (QED) is 0.243. The maximum absolute atomic E-state index is 12.9. The van der Waals surface area contributed by atoms with Crippen LogP contribution >= 0.6 is 23.1 Å². The Morgan fingerprint density at radius 3 is 2.47 bits per heavy atom. The monoisotopic (exact) mass is 434 g/mol. The third-order valence-electron chi connectivity index (χ3n) is 5.23. The van der Waals surface area contributed by atoms with Gasteiger partial charge in [-0.15, -0.1) is 11.3 Å². The lowest BCUT2D eigenvalue weighted by Gasteiger charge is -2.05. The van der Waals surface area contributed by atoms with Crippen molar-refractivity contribution in [1.29, 1.82) is 0 Å². The highest BCUT2D eigenvalue weighted by atomic mass is 32.2. The zero-order chi connectivity index (χ0) is 21.4. The van der Waals surface area contributed by atoms with Gasteiger partial charge in [0.15, 0.2) is 10.9 Å². The molecule has 0 aliphatic rings. The van der Waals surface area contributed by atoms with Gasteiger partial charge < -0.3 is 4.98 Å². The van der Waals surface area contributed by atoms with Crippen LogP contribution in [-0.4, -0.2) is 21.5 Å². The number of aromatic nitrogens is 2. The van der Waals surface area contributed by atoms with Crippen LogP contribution in [0.3, 0.4) is 0 Å². The molecule has 0 atom stereocenters. The van der Waals surface area contributed by atoms with Gasteiger partial charge in [0, 0.05) is 16.0 Å². The number of benzene rings is 2. The molecule has 6 heteroatoms. The van der Waals surface area contributed by atoms with E-state index in [1.54, 1.807) is 0 Å². The highest BCUT2D eigenvalue weighted by molar-refractivity contribution is 7.99. The lowest BCUT2D eigenvalue weighted by atomic mass is 10.0. The van der Waals surface area contributed by atoms with E-state index in [0.29, 0.717) is 20.9 Å². The number of hydrogen-bond donors (Lipinski definition) is 1. The van der Waals surface area contributed by atoms with Crippen molar-refractivity contribution in [2.24, 2.45) is 0 Å². The second kappa shape index (κ2) is 8.20. The lowest BCUT2D eigenvalue weighted by Crippen LogP contribution is -2.10. The number of rotatable bonds is 5. The second-order valence-corrected chi connectivity index (χ2v) is 9.63. The number of thioether (sulfide) groups is 1. The minimum atomic E-state index is -0.166. The van der Waals surface area contributed by atoms with Crippen LogP contribution in [0.15, 0.2) is 52.4 Å². The number of ketones is 1. The largest absolute Gasteiger partial charge is 0.301 e. The topological polar surface area (TPSA) is 62.8 Å². The van der Waals surface area contributed by atoms with Crippen molar-refractivity contribution in [3.63, 3.8) is 0 Å². The molecule has 4 nitrogen and oxygen atoms in total. The molecule has 2 aromatic carbocycles. The van der Waals surface area contributed by atoms with Crippen LogP contribution in [-0.2, 0) is 0 Å². The Kier molecular flexibility index (Phi) is 5.62. The van der Waals surface area contributed by atoms with E-state index in [1.165, 1.54) is 28.7 Å². The Morgan fingerprint density at radius 2 is 1.77 bits per heavy atom. The fourth-order valence-electron chi connectivity index (χ4n) is 3.37. The molecular formula is C24H22N2O2S2. The summed E-state index contributed by atoms with van der Waals surface area (Å²) >= 11 is 2.78. The van der Waals surface area contributed by atoms with E-state index in [4.69, 9.17) is 0 Å². The Morgan fingerprint density at radius 1 is 1.03 bits per heavy atom. The summed E-state index contributed by atoms with van der Waals surface area (Å²) in [6.07, 6.45) is 0. The van der Waals surface area contributed by atoms with E-state index in [-0.39, 0.29) is 17.1 Å². The number of aromatic amines is 1. The molecule has 4 aromatic rings. The average Bonchev–Trinajstić information content (AvgIpc) is 3.05. The molecule has 30 heavy (non-hydrogen) atoms. The van der Waals surface area contributed by atoms with E-state index >= 15 is 0 Å². The highest BCUT2D eigenvalue weighted by Gasteiger charge is 2.17. The van der Waals surface area contributed by atoms with Crippen LogP contribution in [0, 0.1) is 27.7 Å². The molecule has 0 saturated heterocycles. The molecule has 152 valence electrons. The van der Waals surface area contributed by atoms with Crippen LogP contribution in [0.25, 0.3) is 21.3 Å². The molecule has 0 fully saturated rings. The smallest absolute Gasteiger partial charge is 0.260 e. The fraction of sp³-hybridized carbons (Fsp3) is 0.208. The molecule has 0 amide bonds. The Hall–Kier alpha value is -2.70. The fourth-order valence-corrected chi connectivity index (χ4v) is 5.23. The summed E-state index contributed by atoms with van der Waals surface area (Å²) in [5.74, 6) is 0.250. The van der Waals surface area contributed by atoms with Crippen LogP contribution in [0.1, 0.15) is 31.9 Å². The molecule has 0 aliphatic carbocycles. The molecule has 0 aliphatic heterocycles. The third kappa shape index (κ3) is 3.98. The van der Waals surface area contributed by atoms with Crippen molar-refractivity contribution < 1.29 is 4.79 Å². The molecule has 0 spiro atoms. The van der Waals surface area contributed by atoms with E-state index < -0.39 is 0 Å². The number of Topliss-reactive ketones (excluding diaryl/α,β-unsaturated/α-hetero) is 1. The zero-order valence-electron chi connectivity index (χ0n) is 17.3. The Bertz CT molecular complexity index is 1320. The number of nitrogens with zero attached hydrogens (tertiary/aromatic N) is 1. The average molecular weight is 435 g/mol. The van der Waals surface area contributed by atoms with Crippen molar-refractivity contribution in [2.75, 3.05) is 5.75 Å². The van der Waals surface area contributed by atoms with Crippen LogP contribution in [0.5, 0.6) is 0 Å². The van der Waals surface area contributed by atoms with E-state index in [1.807, 2.05) is 70.2 Å². The molecule has 1 N–H and O–H groups in total. The maximum Gasteiger partial charge on any atom is 0.260 e. The highest BCUT2D eigenvalue weighted by Crippen LogP contribution is 2.36. The van der Waals surface area contributed by atoms with Crippen LogP contribution in [0.2, 0.25) is 0 Å². The summed E-state index contributed by atoms with van der Waals surface area (Å²) in [6, 6.07) is 13.9. The number of fused-ring (bicyclic) bond motifs is 1. The first-order chi connectivity index (χ1) is 14.3. The molecule has 2 aromatic heterocycles. The van der Waals surface area contributed by atoms with Gasteiger partial charge >= 0.3 is 0 Å². The summed E-state index contributed by atoms with van der Waals surface area (Å²) in [7, 11) is 0. The number of hydrogen-bond acceptors (Lipinski definition) is 5. The van der Waals surface area contributed by atoms with Gasteiger partial charge in [-0.3, -0.25) is 9.59 Å². The summed E-state index contributed by atoms with van der Waals surface area (Å²) in [5.41, 5.74) is 5.90. The minimum absolute atomic E-state index is 0.0218. The van der Waals surface area contributed by atoms with Gasteiger partial charge in [-0.1, -0.05) is 53.7 Å². The maximum atomic E-state index is 12.9. The van der Waals surface area contributed by atoms with Gasteiger partial charge in [-0.2, -0.15) is 0 Å². The van der Waals surface area contributed by atoms with Gasteiger partial charge in [0.05, 0.1) is 11.1 Å². The number of carbonyl (C=O) groups excluding carboxylic acids is 1. The first-order valence-electron chi connectivity index (χ1n) is 9.67. The van der Waals surface area contributed by atoms with Crippen LogP contribution in [0.4, 0.5) is 0 Å². The standard InChI is InChI=1S/C24H22N2O2S2/c1-13-5-8-17(9-6-13)20-16(4)30-23-21(20)22(28)25-24(26-23)29-12-19(27)18-10-7-14(2)15(3)11-18/h5-11H,12H2,1-4H3,(H,25,26,28). The normalized spacial score (nSPS) is 11.2. The molecule has 0 saturated carbocycles. The molecule has 0 bridgehead atoms. The van der Waals surface area contributed by atoms with Gasteiger partial charge in [0.1, 0.15) is 4.83 Å². The molecule has 0 unspecified atom stereocenters. The van der Waals surface area contributed by atoms with Crippen molar-refractivity contribution in [2.45, 2.75) is 32.9 Å². The summed E-state index contributed by atoms with van der Waals surface area (Å²) in [4.78, 5) is 34.7. The van der Waals surface area contributed by atoms with Gasteiger partial charge in [0.25, 0.3) is 5.56 Å². The molecular weight excluding hydrogens is 412 g/mol. The predicted octanol–water partition coefficient (Wildman–Crippen LogP) is 5.86. The Labute approximate surface area is 183 Å². The third-order valence-corrected chi connectivity index (χ3v) is 7.10. The summed E-state index contributed by atoms with van der Waals surface area (Å²) < 4.78 is 0. The number of H-pyrrole nitrogens is 1. The van der Waals surface area contributed by atoms with Crippen LogP contribution < -0.4 is 5.56 Å². The number of carbonyl (C=O) groups is 1. The van der Waals surface area contributed by atoms with Gasteiger partial charge in [-0.25, -0.2) is 4.98 Å². The van der Waals surface area contributed by atoms with E-state index in [2.05, 4.69) is 9.97 Å². The molecule has 0 radical (unpaired) electrons. The zero-order valence-corrected chi connectivity index (χ0v) is 19.0. The van der Waals surface area contributed by atoms with E-state index in [9.17, 15) is 9.59 Å². The first kappa shape index (κ1) is 20.6. The van der Waals surface area contributed by atoms with Crippen molar-refractivity contribution in [1.82, 2.24) is 9.97 Å². The minimum Gasteiger partial charge on any atom is -0.301 e. The van der Waals surface area contributed by atoms with Gasteiger partial charge in [-0.05, 0) is 50.5 Å². The summed E-state index contributed by atoms with van der Waals surface area (Å²) in [5, 5.41) is 1.09. The predicted molar refractivity (Wildman–Crippen MR) is 126 cm³/mol. The first-order valence-corrected chi connectivity index (χ1v) is 11.5. The number of nitrogens with one attached hydrogen (secondary N) is 1.